The molecule has 0 heterocycles. The van der Waals surface area contributed by atoms with Crippen molar-refractivity contribution in [3.8, 4) is 11.1 Å². The number of aliphatic hydroxyl groups excluding tert-OH is 1. The van der Waals surface area contributed by atoms with Crippen LogP contribution in [0.15, 0.2) is 78.9 Å². The number of halogens is 1. The summed E-state index contributed by atoms with van der Waals surface area (Å²) < 4.78 is 13.0. The number of benzene rings is 3. The van der Waals surface area contributed by atoms with Crippen molar-refractivity contribution < 1.29 is 9.50 Å². The molecule has 0 fully saturated rings. The molecule has 0 spiro atoms. The second-order valence-corrected chi connectivity index (χ2v) is 6.06. The summed E-state index contributed by atoms with van der Waals surface area (Å²) in [6.07, 6.45) is 3.36. The zero-order valence-electron chi connectivity index (χ0n) is 13.1. The van der Waals surface area contributed by atoms with E-state index in [0.717, 1.165) is 27.8 Å². The maximum atomic E-state index is 13.0. The minimum absolute atomic E-state index is 0.124. The first kappa shape index (κ1) is 14.9. The Balaban J connectivity index is 1.77. The van der Waals surface area contributed by atoms with E-state index in [1.807, 2.05) is 42.5 Å². The van der Waals surface area contributed by atoms with Crippen LogP contribution in [0, 0.1) is 5.82 Å². The Morgan fingerprint density at radius 3 is 2.04 bits per heavy atom. The van der Waals surface area contributed by atoms with Gasteiger partial charge in [0.2, 0.25) is 0 Å². The molecule has 0 aromatic heterocycles. The second kappa shape index (κ2) is 6.06. The maximum Gasteiger partial charge on any atom is 0.123 e. The van der Waals surface area contributed by atoms with Gasteiger partial charge in [0.05, 0.1) is 6.10 Å². The molecule has 118 valence electrons. The van der Waals surface area contributed by atoms with Crippen LogP contribution in [0.25, 0.3) is 17.2 Å². The summed E-state index contributed by atoms with van der Waals surface area (Å²) in [5.74, 6) is -0.370. The van der Waals surface area contributed by atoms with Gasteiger partial charge in [-0.15, -0.1) is 0 Å². The van der Waals surface area contributed by atoms with E-state index in [1.54, 1.807) is 12.1 Å². The fourth-order valence-electron chi connectivity index (χ4n) is 3.39. The van der Waals surface area contributed by atoms with Crippen LogP contribution in [0.5, 0.6) is 0 Å². The summed E-state index contributed by atoms with van der Waals surface area (Å²) in [4.78, 5) is 0. The number of hydrogen-bond donors (Lipinski definition) is 1. The average molecular weight is 316 g/mol. The Kier molecular flexibility index (Phi) is 3.75. The predicted octanol–water partition coefficient (Wildman–Crippen LogP) is 5.34. The molecule has 0 aliphatic heterocycles. The number of fused-ring (bicyclic) bond motifs is 3. The van der Waals surface area contributed by atoms with Gasteiger partial charge in [-0.05, 0) is 39.9 Å². The summed E-state index contributed by atoms with van der Waals surface area (Å²) in [5.41, 5.74) is 5.23. The molecule has 24 heavy (non-hydrogen) atoms. The summed E-state index contributed by atoms with van der Waals surface area (Å²) in [6, 6.07) is 22.5. The van der Waals surface area contributed by atoms with Gasteiger partial charge in [-0.2, -0.15) is 0 Å². The predicted molar refractivity (Wildman–Crippen MR) is 95.0 cm³/mol. The third-order valence-electron chi connectivity index (χ3n) is 4.60. The second-order valence-electron chi connectivity index (χ2n) is 6.06. The van der Waals surface area contributed by atoms with E-state index in [4.69, 9.17) is 0 Å². The first-order valence-electron chi connectivity index (χ1n) is 8.04. The fourth-order valence-corrected chi connectivity index (χ4v) is 3.39. The molecule has 1 nitrogen and oxygen atoms in total. The Labute approximate surface area is 140 Å². The molecule has 2 atom stereocenters. The summed E-state index contributed by atoms with van der Waals surface area (Å²) in [6.45, 7) is 0. The highest BCUT2D eigenvalue weighted by molar-refractivity contribution is 5.75. The largest absolute Gasteiger partial charge is 0.387 e. The zero-order chi connectivity index (χ0) is 16.5. The van der Waals surface area contributed by atoms with Gasteiger partial charge in [-0.3, -0.25) is 0 Å². The van der Waals surface area contributed by atoms with Crippen molar-refractivity contribution in [2.75, 3.05) is 0 Å². The van der Waals surface area contributed by atoms with E-state index in [9.17, 15) is 9.50 Å². The van der Waals surface area contributed by atoms with Crippen molar-refractivity contribution in [1.82, 2.24) is 0 Å². The standard InChI is InChI=1S/C22H17FO/c23-16-12-9-15(10-13-16)11-14-21-19-7-2-1-5-17(19)18-6-3-4-8-20(18)22(21)24/h1-14,21-22,24H/b14-11-. The topological polar surface area (TPSA) is 20.2 Å². The Hall–Kier alpha value is -2.71. The highest BCUT2D eigenvalue weighted by Gasteiger charge is 2.30. The van der Waals surface area contributed by atoms with E-state index >= 15 is 0 Å². The monoisotopic (exact) mass is 316 g/mol. The van der Waals surface area contributed by atoms with E-state index in [2.05, 4.69) is 18.2 Å². The van der Waals surface area contributed by atoms with Gasteiger partial charge in [-0.1, -0.05) is 72.8 Å². The quantitative estimate of drug-likeness (QED) is 0.677. The van der Waals surface area contributed by atoms with E-state index < -0.39 is 6.10 Å². The summed E-state index contributed by atoms with van der Waals surface area (Å²) in [7, 11) is 0. The fraction of sp³-hybridized carbons (Fsp3) is 0.0909. The van der Waals surface area contributed by atoms with Crippen LogP contribution < -0.4 is 0 Å². The van der Waals surface area contributed by atoms with Crippen LogP contribution in [0.1, 0.15) is 28.7 Å². The summed E-state index contributed by atoms with van der Waals surface area (Å²) in [5, 5.41) is 10.9. The lowest BCUT2D eigenvalue weighted by Gasteiger charge is -2.30. The Morgan fingerprint density at radius 1 is 0.750 bits per heavy atom. The van der Waals surface area contributed by atoms with E-state index in [0.29, 0.717) is 0 Å². The summed E-state index contributed by atoms with van der Waals surface area (Å²) >= 11 is 0. The van der Waals surface area contributed by atoms with Crippen molar-refractivity contribution in [3.05, 3.63) is 101 Å². The Morgan fingerprint density at radius 2 is 1.33 bits per heavy atom. The number of rotatable bonds is 2. The first-order valence-corrected chi connectivity index (χ1v) is 8.04. The van der Waals surface area contributed by atoms with Gasteiger partial charge in [0, 0.05) is 5.92 Å². The molecule has 0 radical (unpaired) electrons. The van der Waals surface area contributed by atoms with Crippen LogP contribution in [-0.2, 0) is 0 Å². The van der Waals surface area contributed by atoms with Crippen LogP contribution in [-0.4, -0.2) is 5.11 Å². The van der Waals surface area contributed by atoms with Gasteiger partial charge in [-0.25, -0.2) is 4.39 Å². The first-order chi connectivity index (χ1) is 11.7. The van der Waals surface area contributed by atoms with Crippen molar-refractivity contribution in [2.45, 2.75) is 12.0 Å². The molecular formula is C22H17FO. The lowest BCUT2D eigenvalue weighted by Crippen LogP contribution is -2.15. The van der Waals surface area contributed by atoms with Crippen LogP contribution >= 0.6 is 0 Å². The van der Waals surface area contributed by atoms with Crippen LogP contribution in [0.4, 0.5) is 4.39 Å². The highest BCUT2D eigenvalue weighted by atomic mass is 19.1. The molecule has 1 aliphatic carbocycles. The highest BCUT2D eigenvalue weighted by Crippen LogP contribution is 2.46. The molecular weight excluding hydrogens is 299 g/mol. The van der Waals surface area contributed by atoms with Gasteiger partial charge in [0.15, 0.2) is 0 Å². The van der Waals surface area contributed by atoms with Crippen LogP contribution in [0.2, 0.25) is 0 Å². The van der Waals surface area contributed by atoms with E-state index in [-0.39, 0.29) is 11.7 Å². The van der Waals surface area contributed by atoms with Crippen molar-refractivity contribution in [3.63, 3.8) is 0 Å². The normalized spacial score (nSPS) is 19.1. The number of aliphatic hydroxyl groups is 1. The Bertz CT molecular complexity index is 896. The average Bonchev–Trinajstić information content (AvgIpc) is 2.63. The van der Waals surface area contributed by atoms with Crippen molar-refractivity contribution in [2.24, 2.45) is 0 Å². The van der Waals surface area contributed by atoms with E-state index in [1.165, 1.54) is 12.1 Å². The van der Waals surface area contributed by atoms with Crippen molar-refractivity contribution >= 4 is 6.08 Å². The van der Waals surface area contributed by atoms with Gasteiger partial charge in [0.25, 0.3) is 0 Å². The molecule has 0 bridgehead atoms. The van der Waals surface area contributed by atoms with Crippen molar-refractivity contribution in [1.29, 1.82) is 0 Å². The third kappa shape index (κ3) is 2.55. The molecule has 0 amide bonds. The smallest absolute Gasteiger partial charge is 0.123 e. The van der Waals surface area contributed by atoms with Gasteiger partial charge < -0.3 is 5.11 Å². The molecule has 1 aliphatic rings. The lowest BCUT2D eigenvalue weighted by molar-refractivity contribution is 0.160. The molecule has 3 aromatic carbocycles. The minimum Gasteiger partial charge on any atom is -0.387 e. The van der Waals surface area contributed by atoms with Gasteiger partial charge >= 0.3 is 0 Å². The molecule has 0 saturated carbocycles. The maximum absolute atomic E-state index is 13.0. The van der Waals surface area contributed by atoms with Crippen LogP contribution in [0.3, 0.4) is 0 Å². The molecule has 3 aromatic rings. The van der Waals surface area contributed by atoms with Gasteiger partial charge in [0.1, 0.15) is 5.82 Å². The molecule has 2 heteroatoms. The SMILES string of the molecule is OC1c2ccccc2-c2ccccc2C1/C=C\c1ccc(F)cc1. The number of hydrogen-bond acceptors (Lipinski definition) is 1. The minimum atomic E-state index is -0.590. The molecule has 4 rings (SSSR count). The molecule has 2 unspecified atom stereocenters. The lowest BCUT2D eigenvalue weighted by atomic mass is 9.76. The molecule has 0 saturated heterocycles. The third-order valence-corrected chi connectivity index (χ3v) is 4.60. The zero-order valence-corrected chi connectivity index (χ0v) is 13.1. The molecule has 1 N–H and O–H groups in total.